The third kappa shape index (κ3) is 5.18. The summed E-state index contributed by atoms with van der Waals surface area (Å²) in [6.07, 6.45) is 1.10. The fraction of sp³-hybridized carbons (Fsp3) is 0.667. The lowest BCUT2D eigenvalue weighted by Gasteiger charge is -2.38. The number of likely N-dealkylation sites (N-methyl/N-ethyl adjacent to an activating group) is 1. The van der Waals surface area contributed by atoms with Crippen LogP contribution in [-0.2, 0) is 11.3 Å². The van der Waals surface area contributed by atoms with Gasteiger partial charge in [0.15, 0.2) is 0 Å². The van der Waals surface area contributed by atoms with Crippen LogP contribution in [0.4, 0.5) is 0 Å². The summed E-state index contributed by atoms with van der Waals surface area (Å²) in [5.41, 5.74) is 3.22. The lowest BCUT2D eigenvalue weighted by Crippen LogP contribution is -2.45. The Kier molecular flexibility index (Phi) is 6.72. The summed E-state index contributed by atoms with van der Waals surface area (Å²) in [4.78, 5) is 4.80. The predicted molar refractivity (Wildman–Crippen MR) is 101 cm³/mol. The zero-order chi connectivity index (χ0) is 17.6. The summed E-state index contributed by atoms with van der Waals surface area (Å²) < 4.78 is 13.8. The molecule has 2 heterocycles. The molecule has 6 nitrogen and oxygen atoms in total. The normalized spacial score (nSPS) is 22.1. The number of hydrogen-bond acceptors (Lipinski definition) is 7. The molecule has 0 radical (unpaired) electrons. The number of methoxy groups -OCH3 is 1. The topological polar surface area (TPSA) is 61.7 Å². The Morgan fingerprint density at radius 3 is 2.88 bits per heavy atom. The van der Waals surface area contributed by atoms with Gasteiger partial charge < -0.3 is 14.7 Å². The highest BCUT2D eigenvalue weighted by Crippen LogP contribution is 2.24. The molecule has 25 heavy (non-hydrogen) atoms. The van der Waals surface area contributed by atoms with Crippen molar-refractivity contribution in [1.29, 1.82) is 0 Å². The fourth-order valence-electron chi connectivity index (χ4n) is 3.78. The average molecular weight is 365 g/mol. The highest BCUT2D eigenvalue weighted by Gasteiger charge is 2.27. The minimum atomic E-state index is 0.268. The molecular weight excluding hydrogens is 336 g/mol. The fourth-order valence-corrected chi connectivity index (χ4v) is 4.30. The maximum Gasteiger partial charge on any atom is 0.105 e. The van der Waals surface area contributed by atoms with Crippen LogP contribution in [0.5, 0.6) is 0 Å². The molecule has 1 aliphatic heterocycles. The zero-order valence-electron chi connectivity index (χ0n) is 15.1. The molecule has 0 aliphatic carbocycles. The number of fused-ring (bicyclic) bond motifs is 1. The van der Waals surface area contributed by atoms with Gasteiger partial charge in [0.2, 0.25) is 0 Å². The molecule has 2 aromatic rings. The van der Waals surface area contributed by atoms with Crippen molar-refractivity contribution in [3.05, 3.63) is 23.8 Å². The first kappa shape index (κ1) is 18.7. The number of rotatable bonds is 8. The van der Waals surface area contributed by atoms with E-state index in [9.17, 15) is 5.11 Å². The van der Waals surface area contributed by atoms with E-state index in [0.717, 1.165) is 56.8 Å². The second-order valence-corrected chi connectivity index (χ2v) is 7.72. The molecule has 138 valence electrons. The molecule has 1 aromatic heterocycles. The molecule has 0 bridgehead atoms. The molecule has 1 fully saturated rings. The van der Waals surface area contributed by atoms with E-state index in [1.807, 2.05) is 0 Å². The molecule has 3 rings (SSSR count). The number of piperidine rings is 1. The minimum Gasteiger partial charge on any atom is -0.396 e. The predicted octanol–water partition coefficient (Wildman–Crippen LogP) is 1.70. The highest BCUT2D eigenvalue weighted by molar-refractivity contribution is 7.00. The van der Waals surface area contributed by atoms with Crippen molar-refractivity contribution in [2.45, 2.75) is 13.0 Å². The molecule has 0 unspecified atom stereocenters. The van der Waals surface area contributed by atoms with Crippen LogP contribution in [-0.4, -0.2) is 77.2 Å². The van der Waals surface area contributed by atoms with Gasteiger partial charge in [-0.05, 0) is 43.0 Å². The molecule has 1 N–H and O–H groups in total. The first-order valence-corrected chi connectivity index (χ1v) is 9.63. The van der Waals surface area contributed by atoms with E-state index in [1.165, 1.54) is 17.3 Å². The van der Waals surface area contributed by atoms with E-state index in [2.05, 4.69) is 43.8 Å². The Hall–Kier alpha value is -1.12. The van der Waals surface area contributed by atoms with Gasteiger partial charge in [-0.25, -0.2) is 0 Å². The Labute approximate surface area is 153 Å². The second kappa shape index (κ2) is 9.00. The number of aromatic nitrogens is 2. The van der Waals surface area contributed by atoms with E-state index in [4.69, 9.17) is 4.74 Å². The molecule has 1 aliphatic rings. The Bertz CT molecular complexity index is 665. The number of aliphatic hydroxyl groups excluding tert-OH is 1. The van der Waals surface area contributed by atoms with Gasteiger partial charge in [-0.2, -0.15) is 8.75 Å². The second-order valence-electron chi connectivity index (χ2n) is 7.19. The third-order valence-electron chi connectivity index (χ3n) is 4.93. The number of benzene rings is 1. The van der Waals surface area contributed by atoms with Crippen molar-refractivity contribution >= 4 is 22.8 Å². The molecule has 1 saturated heterocycles. The highest BCUT2D eigenvalue weighted by atomic mass is 32.1. The van der Waals surface area contributed by atoms with E-state index in [0.29, 0.717) is 11.8 Å². The van der Waals surface area contributed by atoms with Gasteiger partial charge in [0, 0.05) is 46.4 Å². The van der Waals surface area contributed by atoms with Crippen molar-refractivity contribution in [1.82, 2.24) is 18.5 Å². The van der Waals surface area contributed by atoms with Crippen LogP contribution in [0, 0.1) is 11.8 Å². The lowest BCUT2D eigenvalue weighted by atomic mass is 9.89. The summed E-state index contributed by atoms with van der Waals surface area (Å²) in [5, 5.41) is 9.70. The summed E-state index contributed by atoms with van der Waals surface area (Å²) in [7, 11) is 3.89. The van der Waals surface area contributed by atoms with Crippen molar-refractivity contribution < 1.29 is 9.84 Å². The van der Waals surface area contributed by atoms with Gasteiger partial charge in [0.05, 0.1) is 18.3 Å². The van der Waals surface area contributed by atoms with Crippen LogP contribution in [0.3, 0.4) is 0 Å². The molecule has 7 heteroatoms. The first-order chi connectivity index (χ1) is 12.2. The van der Waals surface area contributed by atoms with Gasteiger partial charge in [-0.3, -0.25) is 4.90 Å². The molecular formula is C18H28N4O2S. The maximum atomic E-state index is 9.70. The minimum absolute atomic E-state index is 0.268. The largest absolute Gasteiger partial charge is 0.396 e. The van der Waals surface area contributed by atoms with Gasteiger partial charge >= 0.3 is 0 Å². The standard InChI is InChI=1S/C18H28N4O2S/c1-21(5-6-24-2)9-15-7-16(13-23)12-22(11-15)10-14-3-4-17-18(8-14)20-25-19-17/h3-4,8,15-16,23H,5-7,9-13H2,1-2H3/t15-,16+/m1/s1. The monoisotopic (exact) mass is 364 g/mol. The van der Waals surface area contributed by atoms with Crippen LogP contribution < -0.4 is 0 Å². The van der Waals surface area contributed by atoms with Crippen molar-refractivity contribution in [2.24, 2.45) is 11.8 Å². The van der Waals surface area contributed by atoms with Gasteiger partial charge in [-0.15, -0.1) is 0 Å². The number of nitrogens with zero attached hydrogens (tertiary/aromatic N) is 4. The van der Waals surface area contributed by atoms with Crippen LogP contribution >= 0.6 is 11.7 Å². The first-order valence-electron chi connectivity index (χ1n) is 8.89. The molecule has 0 spiro atoms. The van der Waals surface area contributed by atoms with E-state index < -0.39 is 0 Å². The van der Waals surface area contributed by atoms with Crippen LogP contribution in [0.1, 0.15) is 12.0 Å². The third-order valence-corrected chi connectivity index (χ3v) is 5.49. The smallest absolute Gasteiger partial charge is 0.105 e. The number of aliphatic hydroxyl groups is 1. The lowest BCUT2D eigenvalue weighted by molar-refractivity contribution is 0.0615. The van der Waals surface area contributed by atoms with E-state index in [-0.39, 0.29) is 6.61 Å². The van der Waals surface area contributed by atoms with Crippen molar-refractivity contribution in [3.63, 3.8) is 0 Å². The molecule has 2 atom stereocenters. The van der Waals surface area contributed by atoms with Gasteiger partial charge in [-0.1, -0.05) is 6.07 Å². The number of ether oxygens (including phenoxy) is 1. The summed E-state index contributed by atoms with van der Waals surface area (Å²) >= 11 is 1.26. The van der Waals surface area contributed by atoms with Crippen LogP contribution in [0.2, 0.25) is 0 Å². The molecule has 1 aromatic carbocycles. The summed E-state index contributed by atoms with van der Waals surface area (Å²) in [6.45, 7) is 5.96. The number of hydrogen-bond donors (Lipinski definition) is 1. The van der Waals surface area contributed by atoms with Gasteiger partial charge in [0.1, 0.15) is 11.0 Å². The molecule has 0 saturated carbocycles. The Morgan fingerprint density at radius 1 is 1.28 bits per heavy atom. The summed E-state index contributed by atoms with van der Waals surface area (Å²) in [6, 6.07) is 6.34. The van der Waals surface area contributed by atoms with E-state index in [1.54, 1.807) is 7.11 Å². The van der Waals surface area contributed by atoms with Crippen molar-refractivity contribution in [3.8, 4) is 0 Å². The quantitative estimate of drug-likeness (QED) is 0.769. The Balaban J connectivity index is 1.61. The maximum absolute atomic E-state index is 9.70. The van der Waals surface area contributed by atoms with Gasteiger partial charge in [0.25, 0.3) is 0 Å². The van der Waals surface area contributed by atoms with Crippen LogP contribution in [0.15, 0.2) is 18.2 Å². The number of likely N-dealkylation sites (tertiary alicyclic amines) is 1. The van der Waals surface area contributed by atoms with E-state index >= 15 is 0 Å². The van der Waals surface area contributed by atoms with Crippen molar-refractivity contribution in [2.75, 3.05) is 53.6 Å². The molecule has 0 amide bonds. The Morgan fingerprint density at radius 2 is 2.08 bits per heavy atom. The zero-order valence-corrected chi connectivity index (χ0v) is 15.9. The average Bonchev–Trinajstić information content (AvgIpc) is 3.07. The van der Waals surface area contributed by atoms with Crippen LogP contribution in [0.25, 0.3) is 11.0 Å². The summed E-state index contributed by atoms with van der Waals surface area (Å²) in [5.74, 6) is 0.941. The SMILES string of the molecule is COCCN(C)C[C@H]1C[C@H](CO)CN(Cc2ccc3nsnc3c2)C1.